The Bertz CT molecular complexity index is 925. The summed E-state index contributed by atoms with van der Waals surface area (Å²) in [6.45, 7) is 3.89. The van der Waals surface area contributed by atoms with Crippen molar-refractivity contribution in [3.63, 3.8) is 0 Å². The molecule has 0 spiro atoms. The molecule has 4 heteroatoms. The second-order valence-electron chi connectivity index (χ2n) is 7.71. The fourth-order valence-electron chi connectivity index (χ4n) is 4.40. The summed E-state index contributed by atoms with van der Waals surface area (Å²) in [5.74, 6) is 0.502. The summed E-state index contributed by atoms with van der Waals surface area (Å²) in [6.07, 6.45) is 0. The van der Waals surface area contributed by atoms with Crippen molar-refractivity contribution >= 4 is 0 Å². The molecule has 0 bridgehead atoms. The third kappa shape index (κ3) is 4.12. The summed E-state index contributed by atoms with van der Waals surface area (Å²) in [5, 5.41) is 12.6. The zero-order valence-corrected chi connectivity index (χ0v) is 17.4. The smallest absolute Gasteiger partial charge is 0.126 e. The van der Waals surface area contributed by atoms with Crippen LogP contribution in [0.2, 0.25) is 0 Å². The van der Waals surface area contributed by atoms with Gasteiger partial charge in [0.05, 0.1) is 20.3 Å². The van der Waals surface area contributed by atoms with Gasteiger partial charge in [0.25, 0.3) is 0 Å². The van der Waals surface area contributed by atoms with E-state index in [1.54, 1.807) is 7.11 Å². The van der Waals surface area contributed by atoms with Crippen LogP contribution in [0, 0.1) is 0 Å². The molecule has 4 nitrogen and oxygen atoms in total. The van der Waals surface area contributed by atoms with Crippen LogP contribution in [0.1, 0.15) is 22.6 Å². The van der Waals surface area contributed by atoms with E-state index in [9.17, 15) is 5.11 Å². The van der Waals surface area contributed by atoms with Gasteiger partial charge >= 0.3 is 0 Å². The van der Waals surface area contributed by atoms with Crippen molar-refractivity contribution in [2.75, 3.05) is 40.0 Å². The lowest BCUT2D eigenvalue weighted by molar-refractivity contribution is -0.000134. The summed E-state index contributed by atoms with van der Waals surface area (Å²) in [6, 6.07) is 28.0. The number of aliphatic hydroxyl groups is 1. The Balaban J connectivity index is 1.89. The van der Waals surface area contributed by atoms with Crippen molar-refractivity contribution in [2.45, 2.75) is 11.5 Å². The van der Waals surface area contributed by atoms with Crippen LogP contribution in [0.4, 0.5) is 0 Å². The fourth-order valence-corrected chi connectivity index (χ4v) is 4.40. The Morgan fingerprint density at radius 3 is 2.17 bits per heavy atom. The van der Waals surface area contributed by atoms with Gasteiger partial charge in [-0.25, -0.2) is 0 Å². The lowest BCUT2D eigenvalue weighted by Crippen LogP contribution is -2.45. The number of hydrogen-bond donors (Lipinski definition) is 1. The predicted molar refractivity (Wildman–Crippen MR) is 119 cm³/mol. The van der Waals surface area contributed by atoms with Crippen molar-refractivity contribution < 1.29 is 14.6 Å². The van der Waals surface area contributed by atoms with Crippen molar-refractivity contribution in [3.05, 3.63) is 102 Å². The molecule has 4 rings (SSSR count). The Morgan fingerprint density at radius 1 is 0.900 bits per heavy atom. The van der Waals surface area contributed by atoms with Crippen LogP contribution in [0.15, 0.2) is 84.9 Å². The number of para-hydroxylation sites is 1. The molecule has 0 aromatic heterocycles. The van der Waals surface area contributed by atoms with E-state index in [2.05, 4.69) is 17.0 Å². The van der Waals surface area contributed by atoms with Crippen molar-refractivity contribution in [1.29, 1.82) is 0 Å². The molecule has 1 aliphatic heterocycles. The standard InChI is InChI=1S/C26H29NO3/c1-29-25-15-9-8-14-23(25)26(28,22-12-6-3-7-13-22)24(21-10-4-2-5-11-21)20-27-16-18-30-19-17-27/h2-15,24,28H,16-20H2,1H3/t24-,26-/m1/s1. The molecule has 0 saturated carbocycles. The van der Waals surface area contributed by atoms with E-state index in [1.165, 1.54) is 0 Å². The molecule has 30 heavy (non-hydrogen) atoms. The Hall–Kier alpha value is -2.66. The fraction of sp³-hybridized carbons (Fsp3) is 0.308. The first-order valence-electron chi connectivity index (χ1n) is 10.5. The maximum absolute atomic E-state index is 12.6. The van der Waals surface area contributed by atoms with Gasteiger partial charge in [-0.05, 0) is 17.2 Å². The Labute approximate surface area is 178 Å². The van der Waals surface area contributed by atoms with E-state index in [0.717, 1.165) is 49.5 Å². The zero-order chi connectivity index (χ0) is 20.8. The quantitative estimate of drug-likeness (QED) is 0.646. The van der Waals surface area contributed by atoms with Crippen LogP contribution in [0.25, 0.3) is 0 Å². The number of ether oxygens (including phenoxy) is 2. The molecule has 1 heterocycles. The van der Waals surface area contributed by atoms with Gasteiger partial charge in [-0.2, -0.15) is 0 Å². The number of nitrogens with zero attached hydrogens (tertiary/aromatic N) is 1. The van der Waals surface area contributed by atoms with Crippen molar-refractivity contribution in [1.82, 2.24) is 4.90 Å². The Morgan fingerprint density at radius 2 is 1.50 bits per heavy atom. The highest BCUT2D eigenvalue weighted by molar-refractivity contribution is 5.48. The molecule has 0 unspecified atom stereocenters. The van der Waals surface area contributed by atoms with Gasteiger partial charge in [0.1, 0.15) is 11.4 Å². The minimum Gasteiger partial charge on any atom is -0.496 e. The summed E-state index contributed by atoms with van der Waals surface area (Å²) in [7, 11) is 1.66. The zero-order valence-electron chi connectivity index (χ0n) is 17.4. The molecule has 0 aliphatic carbocycles. The van der Waals surface area contributed by atoms with Gasteiger partial charge in [0, 0.05) is 31.1 Å². The minimum atomic E-state index is -1.26. The van der Waals surface area contributed by atoms with Gasteiger partial charge in [-0.1, -0.05) is 78.9 Å². The molecule has 3 aromatic carbocycles. The van der Waals surface area contributed by atoms with Gasteiger partial charge in [0.2, 0.25) is 0 Å². The minimum absolute atomic E-state index is 0.185. The lowest BCUT2D eigenvalue weighted by Gasteiger charge is -2.41. The van der Waals surface area contributed by atoms with Crippen LogP contribution in [0.5, 0.6) is 5.75 Å². The Kier molecular flexibility index (Phi) is 6.48. The van der Waals surface area contributed by atoms with Gasteiger partial charge in [-0.3, -0.25) is 4.90 Å². The molecule has 1 N–H and O–H groups in total. The van der Waals surface area contributed by atoms with Crippen LogP contribution < -0.4 is 4.74 Å². The molecule has 1 saturated heterocycles. The average molecular weight is 404 g/mol. The topological polar surface area (TPSA) is 41.9 Å². The van der Waals surface area contributed by atoms with Crippen molar-refractivity contribution in [2.24, 2.45) is 0 Å². The van der Waals surface area contributed by atoms with E-state index in [1.807, 2.05) is 72.8 Å². The largest absolute Gasteiger partial charge is 0.496 e. The third-order valence-corrected chi connectivity index (χ3v) is 5.98. The van der Waals surface area contributed by atoms with E-state index in [0.29, 0.717) is 5.75 Å². The van der Waals surface area contributed by atoms with Crippen molar-refractivity contribution in [3.8, 4) is 5.75 Å². The lowest BCUT2D eigenvalue weighted by atomic mass is 9.72. The number of benzene rings is 3. The number of methoxy groups -OCH3 is 1. The van der Waals surface area contributed by atoms with E-state index in [-0.39, 0.29) is 5.92 Å². The van der Waals surface area contributed by atoms with Gasteiger partial charge in [0.15, 0.2) is 0 Å². The molecule has 0 amide bonds. The molecule has 1 fully saturated rings. The summed E-state index contributed by atoms with van der Waals surface area (Å²) in [5.41, 5.74) is 1.48. The monoisotopic (exact) mass is 403 g/mol. The first kappa shape index (κ1) is 20.6. The van der Waals surface area contributed by atoms with E-state index < -0.39 is 5.60 Å². The predicted octanol–water partition coefficient (Wildman–Crippen LogP) is 4.05. The van der Waals surface area contributed by atoms with Gasteiger partial charge < -0.3 is 14.6 Å². The average Bonchev–Trinajstić information content (AvgIpc) is 2.84. The number of rotatable bonds is 7. The molecule has 0 radical (unpaired) electrons. The molecular weight excluding hydrogens is 374 g/mol. The second kappa shape index (κ2) is 9.43. The first-order chi connectivity index (χ1) is 14.7. The van der Waals surface area contributed by atoms with Gasteiger partial charge in [-0.15, -0.1) is 0 Å². The summed E-state index contributed by atoms with van der Waals surface area (Å²) in [4.78, 5) is 2.38. The highest BCUT2D eigenvalue weighted by Gasteiger charge is 2.43. The first-order valence-corrected chi connectivity index (χ1v) is 10.5. The summed E-state index contributed by atoms with van der Waals surface area (Å²) >= 11 is 0. The highest BCUT2D eigenvalue weighted by atomic mass is 16.5. The van der Waals surface area contributed by atoms with Crippen LogP contribution in [-0.4, -0.2) is 50.0 Å². The molecule has 156 valence electrons. The molecule has 1 aliphatic rings. The molecule has 3 aromatic rings. The molecule has 2 atom stereocenters. The third-order valence-electron chi connectivity index (χ3n) is 5.98. The highest BCUT2D eigenvalue weighted by Crippen LogP contribution is 2.46. The van der Waals surface area contributed by atoms with Crippen LogP contribution in [-0.2, 0) is 10.3 Å². The second-order valence-corrected chi connectivity index (χ2v) is 7.71. The van der Waals surface area contributed by atoms with E-state index >= 15 is 0 Å². The maximum atomic E-state index is 12.6. The van der Waals surface area contributed by atoms with Crippen LogP contribution >= 0.6 is 0 Å². The number of morpholine rings is 1. The number of hydrogen-bond acceptors (Lipinski definition) is 4. The normalized spacial score (nSPS) is 17.8. The van der Waals surface area contributed by atoms with E-state index in [4.69, 9.17) is 9.47 Å². The summed E-state index contributed by atoms with van der Waals surface area (Å²) < 4.78 is 11.2. The SMILES string of the molecule is COc1ccccc1[C@](O)(c1ccccc1)[C@H](CN1CCOCC1)c1ccccc1. The molecular formula is C26H29NO3. The van der Waals surface area contributed by atoms with Crippen LogP contribution in [0.3, 0.4) is 0 Å². The maximum Gasteiger partial charge on any atom is 0.126 e.